The highest BCUT2D eigenvalue weighted by Gasteiger charge is 2.12. The second-order valence-corrected chi connectivity index (χ2v) is 5.61. The van der Waals surface area contributed by atoms with Crippen LogP contribution in [0.25, 0.3) is 0 Å². The molecule has 0 aliphatic heterocycles. The van der Waals surface area contributed by atoms with Crippen LogP contribution in [0.5, 0.6) is 5.75 Å². The van der Waals surface area contributed by atoms with Gasteiger partial charge in [0.25, 0.3) is 5.91 Å². The van der Waals surface area contributed by atoms with Crippen molar-refractivity contribution < 1.29 is 9.53 Å². The number of benzene rings is 2. The number of aryl methyl sites for hydroxylation is 1. The van der Waals surface area contributed by atoms with Gasteiger partial charge in [-0.2, -0.15) is 0 Å². The summed E-state index contributed by atoms with van der Waals surface area (Å²) < 4.78 is 5.16. The van der Waals surface area contributed by atoms with Crippen molar-refractivity contribution in [1.29, 1.82) is 0 Å². The number of carbonyl (C=O) groups excluding carboxylic acids is 1. The molecule has 0 radical (unpaired) electrons. The van der Waals surface area contributed by atoms with E-state index < -0.39 is 0 Å². The van der Waals surface area contributed by atoms with Gasteiger partial charge in [-0.1, -0.05) is 34.8 Å². The van der Waals surface area contributed by atoms with Crippen molar-refractivity contribution in [3.63, 3.8) is 0 Å². The molecular formula is C15H12Cl3NO2. The van der Waals surface area contributed by atoms with Crippen molar-refractivity contribution in [3.05, 3.63) is 56.5 Å². The normalized spacial score (nSPS) is 10.3. The average molecular weight is 345 g/mol. The first kappa shape index (κ1) is 16.0. The number of anilines is 1. The van der Waals surface area contributed by atoms with E-state index in [0.29, 0.717) is 26.3 Å². The van der Waals surface area contributed by atoms with Gasteiger partial charge in [-0.05, 0) is 42.8 Å². The Morgan fingerprint density at radius 2 is 1.71 bits per heavy atom. The van der Waals surface area contributed by atoms with Crippen LogP contribution in [0.4, 0.5) is 5.69 Å². The number of ether oxygens (including phenoxy) is 1. The summed E-state index contributed by atoms with van der Waals surface area (Å²) >= 11 is 17.8. The van der Waals surface area contributed by atoms with Gasteiger partial charge in [0, 0.05) is 5.56 Å². The smallest absolute Gasteiger partial charge is 0.255 e. The molecule has 0 unspecified atom stereocenters. The predicted molar refractivity (Wildman–Crippen MR) is 87.2 cm³/mol. The molecule has 0 saturated carbocycles. The predicted octanol–water partition coefficient (Wildman–Crippen LogP) is 5.22. The Balaban J connectivity index is 2.26. The summed E-state index contributed by atoms with van der Waals surface area (Å²) in [5.74, 6) is 0.431. The first-order valence-corrected chi connectivity index (χ1v) is 7.16. The van der Waals surface area contributed by atoms with Gasteiger partial charge in [0.05, 0.1) is 27.9 Å². The minimum Gasteiger partial charge on any atom is -0.496 e. The number of carbonyl (C=O) groups is 1. The Hall–Kier alpha value is -1.42. The van der Waals surface area contributed by atoms with E-state index >= 15 is 0 Å². The van der Waals surface area contributed by atoms with E-state index in [4.69, 9.17) is 39.5 Å². The lowest BCUT2D eigenvalue weighted by Gasteiger charge is -2.10. The molecule has 2 aromatic carbocycles. The van der Waals surface area contributed by atoms with Crippen molar-refractivity contribution in [2.24, 2.45) is 0 Å². The number of amides is 1. The maximum absolute atomic E-state index is 12.2. The molecule has 3 nitrogen and oxygen atoms in total. The van der Waals surface area contributed by atoms with Gasteiger partial charge >= 0.3 is 0 Å². The molecule has 0 saturated heterocycles. The lowest BCUT2D eigenvalue weighted by Crippen LogP contribution is -2.12. The molecule has 21 heavy (non-hydrogen) atoms. The zero-order valence-electron chi connectivity index (χ0n) is 11.3. The topological polar surface area (TPSA) is 38.3 Å². The van der Waals surface area contributed by atoms with Gasteiger partial charge in [0.1, 0.15) is 5.75 Å². The Morgan fingerprint density at radius 1 is 1.05 bits per heavy atom. The van der Waals surface area contributed by atoms with Crippen molar-refractivity contribution in [2.75, 3.05) is 12.4 Å². The molecule has 0 heterocycles. The number of methoxy groups -OCH3 is 1. The number of rotatable bonds is 3. The third kappa shape index (κ3) is 3.62. The summed E-state index contributed by atoms with van der Waals surface area (Å²) in [5, 5.41) is 3.68. The van der Waals surface area contributed by atoms with Crippen molar-refractivity contribution in [2.45, 2.75) is 6.92 Å². The number of hydrogen-bond acceptors (Lipinski definition) is 2. The average Bonchev–Trinajstić information content (AvgIpc) is 2.44. The van der Waals surface area contributed by atoms with E-state index in [1.165, 1.54) is 12.1 Å². The molecule has 0 aliphatic carbocycles. The Kier molecular flexibility index (Phi) is 4.99. The Morgan fingerprint density at radius 3 is 2.33 bits per heavy atom. The van der Waals surface area contributed by atoms with Crippen LogP contribution in [0, 0.1) is 6.92 Å². The van der Waals surface area contributed by atoms with Crippen LogP contribution in [-0.4, -0.2) is 13.0 Å². The summed E-state index contributed by atoms with van der Waals surface area (Å²) in [6.45, 7) is 1.86. The number of nitrogens with one attached hydrogen (secondary N) is 1. The molecule has 1 amide bonds. The molecular weight excluding hydrogens is 333 g/mol. The van der Waals surface area contributed by atoms with Crippen LogP contribution in [0.3, 0.4) is 0 Å². The fourth-order valence-electron chi connectivity index (χ4n) is 1.83. The molecule has 2 rings (SSSR count). The lowest BCUT2D eigenvalue weighted by atomic mass is 10.1. The maximum Gasteiger partial charge on any atom is 0.255 e. The highest BCUT2D eigenvalue weighted by Crippen LogP contribution is 2.32. The van der Waals surface area contributed by atoms with Crippen molar-refractivity contribution in [3.8, 4) is 5.75 Å². The molecule has 2 aromatic rings. The Labute approximate surface area is 137 Å². The van der Waals surface area contributed by atoms with Gasteiger partial charge < -0.3 is 10.1 Å². The standard InChI is InChI=1S/C15H12Cl3NO2/c1-8-5-9(3-4-14(8)21-2)15(20)19-13-7-11(17)10(16)6-12(13)18/h3-7H,1-2H3,(H,19,20). The third-order valence-electron chi connectivity index (χ3n) is 2.92. The van der Waals surface area contributed by atoms with Gasteiger partial charge in [-0.15, -0.1) is 0 Å². The van der Waals surface area contributed by atoms with Crippen LogP contribution in [0.1, 0.15) is 15.9 Å². The summed E-state index contributed by atoms with van der Waals surface area (Å²) in [6, 6.07) is 8.15. The highest BCUT2D eigenvalue weighted by molar-refractivity contribution is 6.44. The van der Waals surface area contributed by atoms with Crippen molar-refractivity contribution in [1.82, 2.24) is 0 Å². The van der Waals surface area contributed by atoms with E-state index in [-0.39, 0.29) is 5.91 Å². The zero-order valence-corrected chi connectivity index (χ0v) is 13.6. The fourth-order valence-corrected chi connectivity index (χ4v) is 2.43. The van der Waals surface area contributed by atoms with Crippen LogP contribution < -0.4 is 10.1 Å². The number of hydrogen-bond donors (Lipinski definition) is 1. The maximum atomic E-state index is 12.2. The summed E-state index contributed by atoms with van der Waals surface area (Å²) in [5.41, 5.74) is 1.77. The molecule has 0 spiro atoms. The van der Waals surface area contributed by atoms with Gasteiger partial charge in [-0.3, -0.25) is 4.79 Å². The lowest BCUT2D eigenvalue weighted by molar-refractivity contribution is 0.102. The third-order valence-corrected chi connectivity index (χ3v) is 3.95. The molecule has 0 atom stereocenters. The second kappa shape index (κ2) is 6.56. The largest absolute Gasteiger partial charge is 0.496 e. The van der Waals surface area contributed by atoms with Crippen LogP contribution >= 0.6 is 34.8 Å². The Bertz CT molecular complexity index is 702. The monoisotopic (exact) mass is 343 g/mol. The fraction of sp³-hybridized carbons (Fsp3) is 0.133. The minimum absolute atomic E-state index is 0.291. The first-order chi connectivity index (χ1) is 9.92. The molecule has 0 aromatic heterocycles. The molecule has 1 N–H and O–H groups in total. The van der Waals surface area contributed by atoms with E-state index in [1.54, 1.807) is 25.3 Å². The number of halogens is 3. The van der Waals surface area contributed by atoms with Crippen molar-refractivity contribution >= 4 is 46.4 Å². The van der Waals surface area contributed by atoms with E-state index in [9.17, 15) is 4.79 Å². The quantitative estimate of drug-likeness (QED) is 0.776. The molecule has 110 valence electrons. The van der Waals surface area contributed by atoms with E-state index in [2.05, 4.69) is 5.32 Å². The summed E-state index contributed by atoms with van der Waals surface area (Å²) in [6.07, 6.45) is 0. The van der Waals surface area contributed by atoms with Crippen LogP contribution in [-0.2, 0) is 0 Å². The van der Waals surface area contributed by atoms with E-state index in [0.717, 1.165) is 11.3 Å². The molecule has 0 bridgehead atoms. The molecule has 6 heteroatoms. The summed E-state index contributed by atoms with van der Waals surface area (Å²) in [7, 11) is 1.58. The second-order valence-electron chi connectivity index (χ2n) is 4.38. The molecule has 0 fully saturated rings. The van der Waals surface area contributed by atoms with Gasteiger partial charge in [0.2, 0.25) is 0 Å². The minimum atomic E-state index is -0.291. The highest BCUT2D eigenvalue weighted by atomic mass is 35.5. The summed E-state index contributed by atoms with van der Waals surface area (Å²) in [4.78, 5) is 12.2. The van der Waals surface area contributed by atoms with Crippen LogP contribution in [0.15, 0.2) is 30.3 Å². The van der Waals surface area contributed by atoms with E-state index in [1.807, 2.05) is 6.92 Å². The SMILES string of the molecule is COc1ccc(C(=O)Nc2cc(Cl)c(Cl)cc2Cl)cc1C. The van der Waals surface area contributed by atoms with Gasteiger partial charge in [0.15, 0.2) is 0 Å². The van der Waals surface area contributed by atoms with Gasteiger partial charge in [-0.25, -0.2) is 0 Å². The molecule has 0 aliphatic rings. The first-order valence-electron chi connectivity index (χ1n) is 6.03. The van der Waals surface area contributed by atoms with Crippen LogP contribution in [0.2, 0.25) is 15.1 Å². The zero-order chi connectivity index (χ0) is 15.6.